The van der Waals surface area contributed by atoms with E-state index < -0.39 is 27.7 Å². The fourth-order valence-electron chi connectivity index (χ4n) is 3.76. The van der Waals surface area contributed by atoms with Crippen molar-refractivity contribution in [3.8, 4) is 0 Å². The maximum absolute atomic E-state index is 12.6. The van der Waals surface area contributed by atoms with Crippen LogP contribution in [0.4, 0.5) is 4.79 Å². The molecule has 2 unspecified atom stereocenters. The Kier molecular flexibility index (Phi) is 5.33. The first kappa shape index (κ1) is 19.9. The van der Waals surface area contributed by atoms with Crippen molar-refractivity contribution in [3.63, 3.8) is 0 Å². The Bertz CT molecular complexity index is 978. The van der Waals surface area contributed by atoms with E-state index in [0.29, 0.717) is 19.5 Å². The van der Waals surface area contributed by atoms with Gasteiger partial charge in [0.2, 0.25) is 0 Å². The molecule has 2 N–H and O–H groups in total. The van der Waals surface area contributed by atoms with E-state index in [4.69, 9.17) is 8.92 Å². The molecule has 154 valence electrons. The number of amides is 1. The van der Waals surface area contributed by atoms with Gasteiger partial charge in [-0.3, -0.25) is 4.18 Å². The zero-order valence-corrected chi connectivity index (χ0v) is 16.9. The van der Waals surface area contributed by atoms with E-state index in [1.54, 1.807) is 24.3 Å². The van der Waals surface area contributed by atoms with Crippen molar-refractivity contribution in [2.24, 2.45) is 5.41 Å². The van der Waals surface area contributed by atoms with Crippen LogP contribution in [0.3, 0.4) is 0 Å². The van der Waals surface area contributed by atoms with Gasteiger partial charge in [-0.15, -0.1) is 0 Å². The van der Waals surface area contributed by atoms with Gasteiger partial charge in [0.05, 0.1) is 17.0 Å². The van der Waals surface area contributed by atoms with E-state index in [-0.39, 0.29) is 17.5 Å². The first-order chi connectivity index (χ1) is 13.9. The third kappa shape index (κ3) is 4.29. The zero-order chi connectivity index (χ0) is 20.5. The van der Waals surface area contributed by atoms with Crippen molar-refractivity contribution in [1.82, 2.24) is 10.6 Å². The number of rotatable bonds is 6. The minimum absolute atomic E-state index is 0.142. The highest BCUT2D eigenvalue weighted by Crippen LogP contribution is 2.53. The Hall–Kier alpha value is -2.42. The molecule has 1 aliphatic carbocycles. The predicted molar refractivity (Wildman–Crippen MR) is 107 cm³/mol. The molecule has 0 aromatic heterocycles. The Morgan fingerprint density at radius 3 is 2.62 bits per heavy atom. The maximum Gasteiger partial charge on any atom is 0.407 e. The van der Waals surface area contributed by atoms with Crippen molar-refractivity contribution in [3.05, 3.63) is 65.7 Å². The summed E-state index contributed by atoms with van der Waals surface area (Å²) >= 11 is 0. The van der Waals surface area contributed by atoms with E-state index in [0.717, 1.165) is 11.1 Å². The molecule has 1 aliphatic heterocycles. The molecular weight excluding hydrogens is 392 g/mol. The molecule has 0 radical (unpaired) electrons. The minimum atomic E-state index is -3.85. The predicted octanol–water partition coefficient (Wildman–Crippen LogP) is 2.36. The van der Waals surface area contributed by atoms with Crippen LogP contribution in [0, 0.1) is 12.3 Å². The molecule has 1 heterocycles. The van der Waals surface area contributed by atoms with Gasteiger partial charge in [0.15, 0.2) is 0 Å². The number of ether oxygens (including phenoxy) is 1. The molecule has 1 saturated carbocycles. The third-order valence-corrected chi connectivity index (χ3v) is 6.94. The minimum Gasteiger partial charge on any atom is -0.445 e. The summed E-state index contributed by atoms with van der Waals surface area (Å²) in [6.45, 7) is 3.21. The van der Waals surface area contributed by atoms with Crippen molar-refractivity contribution in [2.45, 2.75) is 37.0 Å². The number of carbonyl (C=O) groups is 1. The van der Waals surface area contributed by atoms with Gasteiger partial charge < -0.3 is 15.4 Å². The van der Waals surface area contributed by atoms with Gasteiger partial charge in [-0.2, -0.15) is 8.42 Å². The number of hydrogen-bond acceptors (Lipinski definition) is 6. The van der Waals surface area contributed by atoms with Crippen LogP contribution >= 0.6 is 0 Å². The summed E-state index contributed by atoms with van der Waals surface area (Å²) in [4.78, 5) is 12.4. The van der Waals surface area contributed by atoms with Crippen LogP contribution in [0.2, 0.25) is 0 Å². The molecule has 2 aromatic rings. The summed E-state index contributed by atoms with van der Waals surface area (Å²) in [7, 11) is -3.85. The number of benzene rings is 2. The van der Waals surface area contributed by atoms with Crippen LogP contribution in [0.15, 0.2) is 59.5 Å². The Morgan fingerprint density at radius 1 is 1.17 bits per heavy atom. The summed E-state index contributed by atoms with van der Waals surface area (Å²) in [6.07, 6.45) is -0.424. The molecule has 0 bridgehead atoms. The molecule has 1 saturated heterocycles. The van der Waals surface area contributed by atoms with Crippen LogP contribution in [-0.4, -0.2) is 39.7 Å². The average molecular weight is 416 g/mol. The first-order valence-corrected chi connectivity index (χ1v) is 11.0. The standard InChI is InChI=1S/C21H24N2O5S/c1-15-7-9-17(10-8-15)29(25,26)28-19-11-21(19)14-22-12-18(21)23-20(24)27-13-16-5-3-2-4-6-16/h2-10,18-19,22H,11-14H2,1H3,(H,23,24)/t18-,19?,21?/m1/s1. The van der Waals surface area contributed by atoms with Crippen LogP contribution in [0.5, 0.6) is 0 Å². The van der Waals surface area contributed by atoms with Crippen LogP contribution in [0.25, 0.3) is 0 Å². The maximum atomic E-state index is 12.6. The quantitative estimate of drug-likeness (QED) is 0.702. The molecule has 1 amide bonds. The molecule has 1 spiro atoms. The highest BCUT2D eigenvalue weighted by molar-refractivity contribution is 7.86. The number of aryl methyl sites for hydroxylation is 1. The van der Waals surface area contributed by atoms with Crippen molar-refractivity contribution >= 4 is 16.2 Å². The molecule has 3 atom stereocenters. The molecule has 2 fully saturated rings. The molecular formula is C21H24N2O5S. The summed E-state index contributed by atoms with van der Waals surface area (Å²) < 4.78 is 35.9. The zero-order valence-electron chi connectivity index (χ0n) is 16.1. The normalized spacial score (nSPS) is 25.7. The average Bonchev–Trinajstić information content (AvgIpc) is 3.23. The van der Waals surface area contributed by atoms with Crippen molar-refractivity contribution < 1.29 is 22.1 Å². The molecule has 8 heteroatoms. The number of nitrogens with one attached hydrogen (secondary N) is 2. The molecule has 2 aliphatic rings. The molecule has 7 nitrogen and oxygen atoms in total. The largest absolute Gasteiger partial charge is 0.445 e. The van der Waals surface area contributed by atoms with Crippen LogP contribution < -0.4 is 10.6 Å². The van der Waals surface area contributed by atoms with Gasteiger partial charge in [0.25, 0.3) is 10.1 Å². The lowest BCUT2D eigenvalue weighted by Gasteiger charge is -2.20. The fourth-order valence-corrected chi connectivity index (χ4v) is 4.91. The fraction of sp³-hybridized carbons (Fsp3) is 0.381. The second-order valence-electron chi connectivity index (χ2n) is 7.68. The highest BCUT2D eigenvalue weighted by atomic mass is 32.2. The lowest BCUT2D eigenvalue weighted by Crippen LogP contribution is -2.43. The Labute approximate surface area is 170 Å². The highest BCUT2D eigenvalue weighted by Gasteiger charge is 2.64. The Balaban J connectivity index is 1.35. The lowest BCUT2D eigenvalue weighted by atomic mass is 10.0. The van der Waals surface area contributed by atoms with Crippen LogP contribution in [-0.2, 0) is 25.6 Å². The van der Waals surface area contributed by atoms with Gasteiger partial charge in [-0.25, -0.2) is 4.79 Å². The monoisotopic (exact) mass is 416 g/mol. The van der Waals surface area contributed by atoms with Gasteiger partial charge in [-0.05, 0) is 31.0 Å². The lowest BCUT2D eigenvalue weighted by molar-refractivity contribution is 0.131. The first-order valence-electron chi connectivity index (χ1n) is 9.57. The summed E-state index contributed by atoms with van der Waals surface area (Å²) in [5.41, 5.74) is 1.45. The summed E-state index contributed by atoms with van der Waals surface area (Å²) in [6, 6.07) is 15.7. The smallest absolute Gasteiger partial charge is 0.407 e. The van der Waals surface area contributed by atoms with E-state index >= 15 is 0 Å². The van der Waals surface area contributed by atoms with E-state index in [9.17, 15) is 13.2 Å². The second kappa shape index (κ2) is 7.78. The van der Waals surface area contributed by atoms with Crippen molar-refractivity contribution in [1.29, 1.82) is 0 Å². The Morgan fingerprint density at radius 2 is 1.90 bits per heavy atom. The van der Waals surface area contributed by atoms with E-state index in [2.05, 4.69) is 10.6 Å². The van der Waals surface area contributed by atoms with Crippen LogP contribution in [0.1, 0.15) is 17.5 Å². The third-order valence-electron chi connectivity index (χ3n) is 5.60. The summed E-state index contributed by atoms with van der Waals surface area (Å²) in [5, 5.41) is 6.09. The second-order valence-corrected chi connectivity index (χ2v) is 9.25. The number of alkyl carbamates (subject to hydrolysis) is 1. The molecule has 4 rings (SSSR count). The van der Waals surface area contributed by atoms with E-state index in [1.165, 1.54) is 0 Å². The van der Waals surface area contributed by atoms with Gasteiger partial charge in [0, 0.05) is 18.5 Å². The molecule has 29 heavy (non-hydrogen) atoms. The van der Waals surface area contributed by atoms with Crippen molar-refractivity contribution in [2.75, 3.05) is 13.1 Å². The SMILES string of the molecule is Cc1ccc(S(=O)(=O)OC2CC23CNC[C@H]3NC(=O)OCc2ccccc2)cc1. The number of hydrogen-bond donors (Lipinski definition) is 2. The summed E-state index contributed by atoms with van der Waals surface area (Å²) in [5.74, 6) is 0. The number of carbonyl (C=O) groups excluding carboxylic acids is 1. The van der Waals surface area contributed by atoms with Gasteiger partial charge >= 0.3 is 6.09 Å². The molecule has 2 aromatic carbocycles. The topological polar surface area (TPSA) is 93.7 Å². The van der Waals surface area contributed by atoms with Gasteiger partial charge in [0.1, 0.15) is 6.61 Å². The van der Waals surface area contributed by atoms with Gasteiger partial charge in [-0.1, -0.05) is 48.0 Å². The van der Waals surface area contributed by atoms with E-state index in [1.807, 2.05) is 37.3 Å².